The summed E-state index contributed by atoms with van der Waals surface area (Å²) in [5.41, 5.74) is -0.323. The summed E-state index contributed by atoms with van der Waals surface area (Å²) in [7, 11) is -4.06. The Morgan fingerprint density at radius 3 is 2.70 bits per heavy atom. The number of hydrogen-bond donors (Lipinski definition) is 3. The Hall–Kier alpha value is -1.93. The second-order valence-corrected chi connectivity index (χ2v) is 6.09. The SMILES string of the molecule is O=C(O)c1ccccc1S(=O)(=O)NC1CCCNC1=O. The summed E-state index contributed by atoms with van der Waals surface area (Å²) in [5.74, 6) is -1.73. The molecule has 0 spiro atoms. The molecule has 108 valence electrons. The molecule has 0 saturated carbocycles. The lowest BCUT2D eigenvalue weighted by Gasteiger charge is -2.22. The average molecular weight is 298 g/mol. The Labute approximate surface area is 116 Å². The summed E-state index contributed by atoms with van der Waals surface area (Å²) in [6.45, 7) is 0.517. The molecular formula is C12H14N2O5S. The number of carboxylic acids is 1. The van der Waals surface area contributed by atoms with Crippen molar-refractivity contribution in [3.8, 4) is 0 Å². The highest BCUT2D eigenvalue weighted by Gasteiger charge is 2.29. The Kier molecular flexibility index (Phi) is 4.05. The fraction of sp³-hybridized carbons (Fsp3) is 0.333. The number of hydrogen-bond acceptors (Lipinski definition) is 4. The fourth-order valence-electron chi connectivity index (χ4n) is 2.01. The van der Waals surface area contributed by atoms with E-state index in [-0.39, 0.29) is 10.5 Å². The highest BCUT2D eigenvalue weighted by molar-refractivity contribution is 7.89. The summed E-state index contributed by atoms with van der Waals surface area (Å²) in [6.07, 6.45) is 1.06. The molecule has 1 atom stereocenters. The predicted molar refractivity (Wildman–Crippen MR) is 69.8 cm³/mol. The van der Waals surface area contributed by atoms with Gasteiger partial charge >= 0.3 is 5.97 Å². The molecule has 1 unspecified atom stereocenters. The number of carbonyl (C=O) groups is 2. The smallest absolute Gasteiger partial charge is 0.337 e. The van der Waals surface area contributed by atoms with Gasteiger partial charge in [0.15, 0.2) is 0 Å². The minimum atomic E-state index is -4.06. The van der Waals surface area contributed by atoms with Gasteiger partial charge in [-0.05, 0) is 25.0 Å². The fourth-order valence-corrected chi connectivity index (χ4v) is 3.44. The summed E-state index contributed by atoms with van der Waals surface area (Å²) < 4.78 is 26.7. The van der Waals surface area contributed by atoms with Gasteiger partial charge in [0.25, 0.3) is 0 Å². The van der Waals surface area contributed by atoms with E-state index in [1.807, 2.05) is 0 Å². The second-order valence-electron chi connectivity index (χ2n) is 4.41. The number of piperidine rings is 1. The largest absolute Gasteiger partial charge is 0.478 e. The van der Waals surface area contributed by atoms with Crippen LogP contribution in [0.4, 0.5) is 0 Å². The molecule has 1 heterocycles. The lowest BCUT2D eigenvalue weighted by atomic mass is 10.1. The van der Waals surface area contributed by atoms with Crippen LogP contribution in [-0.2, 0) is 14.8 Å². The molecule has 1 aliphatic rings. The maximum atomic E-state index is 12.2. The van der Waals surface area contributed by atoms with Crippen LogP contribution in [-0.4, -0.2) is 38.0 Å². The van der Waals surface area contributed by atoms with Crippen molar-refractivity contribution in [2.45, 2.75) is 23.8 Å². The second kappa shape index (κ2) is 5.59. The van der Waals surface area contributed by atoms with Crippen LogP contribution in [0, 0.1) is 0 Å². The molecule has 1 aliphatic heterocycles. The normalized spacial score (nSPS) is 19.4. The van der Waals surface area contributed by atoms with Gasteiger partial charge in [-0.15, -0.1) is 0 Å². The summed E-state index contributed by atoms with van der Waals surface area (Å²) in [5, 5.41) is 11.6. The summed E-state index contributed by atoms with van der Waals surface area (Å²) >= 11 is 0. The number of rotatable bonds is 4. The van der Waals surface area contributed by atoms with Gasteiger partial charge in [0.05, 0.1) is 10.5 Å². The number of benzene rings is 1. The third-order valence-corrected chi connectivity index (χ3v) is 4.52. The molecule has 1 saturated heterocycles. The Balaban J connectivity index is 2.31. The topological polar surface area (TPSA) is 113 Å². The third-order valence-electron chi connectivity index (χ3n) is 2.99. The first-order chi connectivity index (χ1) is 9.42. The molecule has 0 aliphatic carbocycles. The number of sulfonamides is 1. The van der Waals surface area contributed by atoms with Crippen LogP contribution in [0.2, 0.25) is 0 Å². The molecule has 8 heteroatoms. The van der Waals surface area contributed by atoms with E-state index in [0.29, 0.717) is 19.4 Å². The van der Waals surface area contributed by atoms with Gasteiger partial charge in [-0.25, -0.2) is 13.2 Å². The van der Waals surface area contributed by atoms with Crippen molar-refractivity contribution >= 4 is 21.9 Å². The molecule has 3 N–H and O–H groups in total. The maximum absolute atomic E-state index is 12.2. The highest BCUT2D eigenvalue weighted by Crippen LogP contribution is 2.17. The highest BCUT2D eigenvalue weighted by atomic mass is 32.2. The van der Waals surface area contributed by atoms with Gasteiger partial charge in [-0.2, -0.15) is 4.72 Å². The zero-order chi connectivity index (χ0) is 14.8. The van der Waals surface area contributed by atoms with Crippen LogP contribution in [0.15, 0.2) is 29.2 Å². The molecule has 20 heavy (non-hydrogen) atoms. The Morgan fingerprint density at radius 2 is 2.05 bits per heavy atom. The van der Waals surface area contributed by atoms with Crippen molar-refractivity contribution in [2.24, 2.45) is 0 Å². The number of nitrogens with one attached hydrogen (secondary N) is 2. The van der Waals surface area contributed by atoms with E-state index in [0.717, 1.165) is 0 Å². The van der Waals surface area contributed by atoms with E-state index in [4.69, 9.17) is 5.11 Å². The van der Waals surface area contributed by atoms with Crippen LogP contribution in [0.3, 0.4) is 0 Å². The molecule has 2 rings (SSSR count). The lowest BCUT2D eigenvalue weighted by molar-refractivity contribution is -0.124. The van der Waals surface area contributed by atoms with Gasteiger partial charge < -0.3 is 10.4 Å². The van der Waals surface area contributed by atoms with Crippen molar-refractivity contribution in [2.75, 3.05) is 6.54 Å². The van der Waals surface area contributed by atoms with Crippen molar-refractivity contribution in [1.82, 2.24) is 10.0 Å². The lowest BCUT2D eigenvalue weighted by Crippen LogP contribution is -2.50. The molecule has 1 fully saturated rings. The minimum Gasteiger partial charge on any atom is -0.478 e. The van der Waals surface area contributed by atoms with Crippen molar-refractivity contribution in [3.05, 3.63) is 29.8 Å². The number of carboxylic acid groups (broad SMARTS) is 1. The van der Waals surface area contributed by atoms with Gasteiger partial charge in [-0.3, -0.25) is 4.79 Å². The molecule has 0 radical (unpaired) electrons. The van der Waals surface area contributed by atoms with E-state index in [1.165, 1.54) is 24.3 Å². The standard InChI is InChI=1S/C12H14N2O5S/c15-11-9(5-3-7-13-11)14-20(18,19)10-6-2-1-4-8(10)12(16)17/h1-2,4,6,9,14H,3,5,7H2,(H,13,15)(H,16,17). The van der Waals surface area contributed by atoms with Crippen molar-refractivity contribution < 1.29 is 23.1 Å². The van der Waals surface area contributed by atoms with E-state index in [9.17, 15) is 18.0 Å². The summed E-state index contributed by atoms with van der Waals surface area (Å²) in [4.78, 5) is 22.3. The molecule has 7 nitrogen and oxygen atoms in total. The minimum absolute atomic E-state index is 0.323. The zero-order valence-electron chi connectivity index (χ0n) is 10.5. The number of aromatic carboxylic acids is 1. The predicted octanol–water partition coefficient (Wildman–Crippen LogP) is -0.0583. The van der Waals surface area contributed by atoms with E-state index < -0.39 is 27.9 Å². The molecule has 1 amide bonds. The first-order valence-corrected chi connectivity index (χ1v) is 7.52. The zero-order valence-corrected chi connectivity index (χ0v) is 11.3. The van der Waals surface area contributed by atoms with Crippen LogP contribution < -0.4 is 10.0 Å². The van der Waals surface area contributed by atoms with E-state index in [1.54, 1.807) is 0 Å². The van der Waals surface area contributed by atoms with Crippen LogP contribution in [0.5, 0.6) is 0 Å². The number of carbonyl (C=O) groups excluding carboxylic acids is 1. The average Bonchev–Trinajstić information content (AvgIpc) is 2.41. The van der Waals surface area contributed by atoms with Gasteiger partial charge in [0, 0.05) is 6.54 Å². The van der Waals surface area contributed by atoms with E-state index in [2.05, 4.69) is 10.0 Å². The molecule has 1 aromatic carbocycles. The third kappa shape index (κ3) is 2.97. The molecule has 0 bridgehead atoms. The number of amides is 1. The Bertz CT molecular complexity index is 641. The van der Waals surface area contributed by atoms with Crippen LogP contribution >= 0.6 is 0 Å². The van der Waals surface area contributed by atoms with Crippen molar-refractivity contribution in [1.29, 1.82) is 0 Å². The molecular weight excluding hydrogens is 284 g/mol. The van der Waals surface area contributed by atoms with Gasteiger partial charge in [0.2, 0.25) is 15.9 Å². The summed E-state index contributed by atoms with van der Waals surface area (Å²) in [6, 6.07) is 4.41. The maximum Gasteiger partial charge on any atom is 0.337 e. The van der Waals surface area contributed by atoms with Crippen LogP contribution in [0.25, 0.3) is 0 Å². The van der Waals surface area contributed by atoms with Gasteiger partial charge in [0.1, 0.15) is 6.04 Å². The quantitative estimate of drug-likeness (QED) is 0.721. The van der Waals surface area contributed by atoms with Crippen molar-refractivity contribution in [3.63, 3.8) is 0 Å². The molecule has 1 aromatic rings. The monoisotopic (exact) mass is 298 g/mol. The molecule has 0 aromatic heterocycles. The Morgan fingerprint density at radius 1 is 1.35 bits per heavy atom. The first kappa shape index (κ1) is 14.5. The van der Waals surface area contributed by atoms with Crippen LogP contribution in [0.1, 0.15) is 23.2 Å². The van der Waals surface area contributed by atoms with E-state index >= 15 is 0 Å². The first-order valence-electron chi connectivity index (χ1n) is 6.04. The van der Waals surface area contributed by atoms with Gasteiger partial charge in [-0.1, -0.05) is 12.1 Å².